The average Bonchev–Trinajstić information content (AvgIpc) is 3.13. The number of phosphoric acid groups is 1. The first-order valence-electron chi connectivity index (χ1n) is 22.9. The van der Waals surface area contributed by atoms with Crippen molar-refractivity contribution in [3.8, 4) is 0 Å². The van der Waals surface area contributed by atoms with Crippen LogP contribution in [0.5, 0.6) is 0 Å². The molecule has 324 valence electrons. The largest absolute Gasteiger partial charge is 0.756 e. The summed E-state index contributed by atoms with van der Waals surface area (Å²) >= 11 is 0. The number of hydrogen-bond acceptors (Lipinski definition) is 6. The lowest BCUT2D eigenvalue weighted by Crippen LogP contribution is -2.45. The number of nitrogens with one attached hydrogen (secondary N) is 1. The predicted molar refractivity (Wildman–Crippen MR) is 233 cm³/mol. The SMILES string of the molecule is CCCCCCC/C=C\C/C=C\CCCCCCCCCCCCCCCC(=O)NC(COP(=O)([O-])OCC[N+](C)(C)C)C(O)/C=C/CCCCCCCC. The van der Waals surface area contributed by atoms with E-state index in [4.69, 9.17) is 9.05 Å². The fourth-order valence-electron chi connectivity index (χ4n) is 6.42. The molecule has 3 unspecified atom stereocenters. The lowest BCUT2D eigenvalue weighted by Gasteiger charge is -2.29. The number of nitrogens with zero attached hydrogens (tertiary/aromatic N) is 1. The summed E-state index contributed by atoms with van der Waals surface area (Å²) in [6.45, 7) is 4.59. The second-order valence-corrected chi connectivity index (χ2v) is 18.2. The van der Waals surface area contributed by atoms with Gasteiger partial charge in [0.2, 0.25) is 5.91 Å². The van der Waals surface area contributed by atoms with Gasteiger partial charge in [0.1, 0.15) is 13.2 Å². The van der Waals surface area contributed by atoms with Crippen LogP contribution >= 0.6 is 7.82 Å². The Kier molecular flexibility index (Phi) is 37.4. The molecule has 0 aliphatic heterocycles. The number of likely N-dealkylation sites (N-methyl/N-ethyl adjacent to an activating group) is 1. The van der Waals surface area contributed by atoms with Crippen LogP contribution in [-0.4, -0.2) is 68.5 Å². The molecule has 0 fully saturated rings. The summed E-state index contributed by atoms with van der Waals surface area (Å²) in [6, 6.07) is -0.883. The molecule has 0 aliphatic carbocycles. The van der Waals surface area contributed by atoms with Crippen LogP contribution in [0, 0.1) is 0 Å². The van der Waals surface area contributed by atoms with E-state index >= 15 is 0 Å². The molecule has 0 rings (SSSR count). The van der Waals surface area contributed by atoms with Gasteiger partial charge in [-0.05, 0) is 51.4 Å². The van der Waals surface area contributed by atoms with Crippen LogP contribution < -0.4 is 10.2 Å². The van der Waals surface area contributed by atoms with Crippen molar-refractivity contribution in [3.05, 3.63) is 36.5 Å². The molecule has 8 nitrogen and oxygen atoms in total. The summed E-state index contributed by atoms with van der Waals surface area (Å²) in [5.41, 5.74) is 0. The van der Waals surface area contributed by atoms with Crippen LogP contribution in [0.1, 0.15) is 200 Å². The van der Waals surface area contributed by atoms with Gasteiger partial charge in [0.25, 0.3) is 7.82 Å². The van der Waals surface area contributed by atoms with Crippen molar-refractivity contribution in [2.45, 2.75) is 212 Å². The molecule has 3 atom stereocenters. The molecule has 0 heterocycles. The van der Waals surface area contributed by atoms with Crippen molar-refractivity contribution in [1.29, 1.82) is 0 Å². The van der Waals surface area contributed by atoms with Gasteiger partial charge in [0, 0.05) is 6.42 Å². The van der Waals surface area contributed by atoms with Crippen molar-refractivity contribution >= 4 is 13.7 Å². The number of allylic oxidation sites excluding steroid dienone is 5. The predicted octanol–water partition coefficient (Wildman–Crippen LogP) is 12.1. The molecule has 0 aliphatic rings. The monoisotopic (exact) mass is 797 g/mol. The molecule has 0 bridgehead atoms. The number of carbonyl (C=O) groups is 1. The van der Waals surface area contributed by atoms with Gasteiger partial charge in [-0.1, -0.05) is 179 Å². The molecule has 0 radical (unpaired) electrons. The first kappa shape index (κ1) is 53.7. The van der Waals surface area contributed by atoms with Gasteiger partial charge in [-0.25, -0.2) is 0 Å². The highest BCUT2D eigenvalue weighted by atomic mass is 31.2. The van der Waals surface area contributed by atoms with Crippen LogP contribution in [0.2, 0.25) is 0 Å². The van der Waals surface area contributed by atoms with E-state index < -0.39 is 20.0 Å². The number of quaternary nitrogens is 1. The normalized spacial score (nSPS) is 14.7. The van der Waals surface area contributed by atoms with Gasteiger partial charge in [0.15, 0.2) is 0 Å². The molecular formula is C46H89N2O6P. The van der Waals surface area contributed by atoms with Crippen molar-refractivity contribution in [3.63, 3.8) is 0 Å². The third kappa shape index (κ3) is 40.7. The summed E-state index contributed by atoms with van der Waals surface area (Å²) in [4.78, 5) is 25.2. The van der Waals surface area contributed by atoms with E-state index in [1.54, 1.807) is 6.08 Å². The number of amides is 1. The molecule has 1 amide bonds. The quantitative estimate of drug-likeness (QED) is 0.0276. The van der Waals surface area contributed by atoms with Crippen LogP contribution in [-0.2, 0) is 18.4 Å². The third-order valence-electron chi connectivity index (χ3n) is 10.1. The summed E-state index contributed by atoms with van der Waals surface area (Å²) in [5.74, 6) is -0.202. The zero-order chi connectivity index (χ0) is 40.7. The van der Waals surface area contributed by atoms with E-state index in [9.17, 15) is 19.4 Å². The highest BCUT2D eigenvalue weighted by molar-refractivity contribution is 7.45. The standard InChI is InChI=1S/C46H89N2O6P/c1-6-8-10-12-14-16-17-18-19-20-21-22-23-24-25-26-27-28-29-30-31-32-34-36-38-40-46(50)47-44(43-54-55(51,52)53-42-41-48(3,4)5)45(49)39-37-35-33-15-13-11-9-7-2/h17-18,20-21,37,39,44-45,49H,6-16,19,22-36,38,40-43H2,1-5H3,(H-,47,50,51,52)/b18-17-,21-20-,39-37+. The van der Waals surface area contributed by atoms with Crippen LogP contribution in [0.4, 0.5) is 0 Å². The van der Waals surface area contributed by atoms with Gasteiger partial charge in [0.05, 0.1) is 39.9 Å². The first-order chi connectivity index (χ1) is 26.5. The minimum atomic E-state index is -4.58. The zero-order valence-corrected chi connectivity index (χ0v) is 37.5. The van der Waals surface area contributed by atoms with Crippen molar-refractivity contribution in [2.24, 2.45) is 0 Å². The summed E-state index contributed by atoms with van der Waals surface area (Å²) in [5, 5.41) is 13.7. The molecule has 0 saturated heterocycles. The molecular weight excluding hydrogens is 707 g/mol. The third-order valence-corrected chi connectivity index (χ3v) is 11.1. The van der Waals surface area contributed by atoms with Gasteiger partial charge < -0.3 is 28.8 Å². The maximum absolute atomic E-state index is 12.8. The Morgan fingerprint density at radius 3 is 1.51 bits per heavy atom. The van der Waals surface area contributed by atoms with Crippen molar-refractivity contribution < 1.29 is 32.9 Å². The highest BCUT2D eigenvalue weighted by Crippen LogP contribution is 2.38. The van der Waals surface area contributed by atoms with Crippen LogP contribution in [0.3, 0.4) is 0 Å². The minimum absolute atomic E-state index is 0.00140. The highest BCUT2D eigenvalue weighted by Gasteiger charge is 2.23. The lowest BCUT2D eigenvalue weighted by atomic mass is 10.0. The fraction of sp³-hybridized carbons (Fsp3) is 0.848. The van der Waals surface area contributed by atoms with E-state index in [0.29, 0.717) is 17.4 Å². The number of rotatable bonds is 41. The van der Waals surface area contributed by atoms with Gasteiger partial charge in [-0.3, -0.25) is 9.36 Å². The average molecular weight is 797 g/mol. The zero-order valence-electron chi connectivity index (χ0n) is 36.6. The fourth-order valence-corrected chi connectivity index (χ4v) is 7.14. The Morgan fingerprint density at radius 2 is 1.05 bits per heavy atom. The van der Waals surface area contributed by atoms with E-state index in [0.717, 1.165) is 44.9 Å². The van der Waals surface area contributed by atoms with E-state index in [2.05, 4.69) is 43.5 Å². The molecule has 55 heavy (non-hydrogen) atoms. The molecule has 2 N–H and O–H groups in total. The topological polar surface area (TPSA) is 108 Å². The molecule has 0 aromatic rings. The van der Waals surface area contributed by atoms with Gasteiger partial charge >= 0.3 is 0 Å². The Bertz CT molecular complexity index is 995. The van der Waals surface area contributed by atoms with Gasteiger partial charge in [-0.2, -0.15) is 0 Å². The maximum atomic E-state index is 12.8. The number of hydrogen-bond donors (Lipinski definition) is 2. The lowest BCUT2D eigenvalue weighted by molar-refractivity contribution is -0.870. The minimum Gasteiger partial charge on any atom is -0.756 e. The van der Waals surface area contributed by atoms with Crippen LogP contribution in [0.15, 0.2) is 36.5 Å². The summed E-state index contributed by atoms with van der Waals surface area (Å²) in [6.07, 6.45) is 46.4. The van der Waals surface area contributed by atoms with E-state index in [1.165, 1.54) is 135 Å². The second-order valence-electron chi connectivity index (χ2n) is 16.8. The number of unbranched alkanes of at least 4 members (excludes halogenated alkanes) is 24. The molecule has 0 aromatic heterocycles. The Morgan fingerprint density at radius 1 is 0.636 bits per heavy atom. The van der Waals surface area contributed by atoms with Gasteiger partial charge in [-0.15, -0.1) is 0 Å². The maximum Gasteiger partial charge on any atom is 0.268 e. The van der Waals surface area contributed by atoms with Crippen molar-refractivity contribution in [1.82, 2.24) is 5.32 Å². The summed E-state index contributed by atoms with van der Waals surface area (Å²) in [7, 11) is 1.26. The number of aliphatic hydroxyl groups excluding tert-OH is 1. The number of phosphoric ester groups is 1. The van der Waals surface area contributed by atoms with E-state index in [-0.39, 0.29) is 19.1 Å². The second kappa shape index (κ2) is 38.2. The Balaban J connectivity index is 4.12. The van der Waals surface area contributed by atoms with Crippen molar-refractivity contribution in [2.75, 3.05) is 40.9 Å². The summed E-state index contributed by atoms with van der Waals surface area (Å²) < 4.78 is 23.1. The number of carbonyl (C=O) groups excluding carboxylic acids is 1. The van der Waals surface area contributed by atoms with Crippen LogP contribution in [0.25, 0.3) is 0 Å². The molecule has 0 aromatic carbocycles. The molecule has 0 saturated carbocycles. The number of aliphatic hydroxyl groups is 1. The Hall–Kier alpha value is -1.28. The molecule has 9 heteroatoms. The van der Waals surface area contributed by atoms with E-state index in [1.807, 2.05) is 27.2 Å². The Labute approximate surface area is 340 Å². The smallest absolute Gasteiger partial charge is 0.268 e. The first-order valence-corrected chi connectivity index (χ1v) is 24.3. The molecule has 0 spiro atoms.